The molecule has 1 heterocycles. The van der Waals surface area contributed by atoms with Crippen LogP contribution < -0.4 is 5.32 Å². The molecule has 0 spiro atoms. The lowest BCUT2D eigenvalue weighted by Gasteiger charge is -2.29. The lowest BCUT2D eigenvalue weighted by Crippen LogP contribution is -2.42. The van der Waals surface area contributed by atoms with E-state index < -0.39 is 10.0 Å². The molecular formula is C10H17ClN2O3S. The minimum atomic E-state index is -3.13. The zero-order chi connectivity index (χ0) is 13.1. The van der Waals surface area contributed by atoms with Crippen LogP contribution in [-0.4, -0.2) is 44.5 Å². The van der Waals surface area contributed by atoms with Gasteiger partial charge in [0.1, 0.15) is 0 Å². The van der Waals surface area contributed by atoms with Crippen LogP contribution in [0.1, 0.15) is 12.8 Å². The third-order valence-electron chi connectivity index (χ3n) is 2.75. The van der Waals surface area contributed by atoms with Crippen molar-refractivity contribution in [3.8, 4) is 0 Å². The highest BCUT2D eigenvalue weighted by atomic mass is 35.5. The molecule has 7 heteroatoms. The minimum Gasteiger partial charge on any atom is -0.351 e. The molecule has 1 amide bonds. The van der Waals surface area contributed by atoms with Crippen molar-refractivity contribution in [3.05, 3.63) is 11.6 Å². The summed E-state index contributed by atoms with van der Waals surface area (Å²) in [5, 5.41) is 3.05. The van der Waals surface area contributed by atoms with Gasteiger partial charge in [-0.3, -0.25) is 4.79 Å². The van der Waals surface area contributed by atoms with Crippen molar-refractivity contribution in [1.29, 1.82) is 0 Å². The van der Waals surface area contributed by atoms with Crippen LogP contribution in [0.15, 0.2) is 11.6 Å². The van der Waals surface area contributed by atoms with Crippen LogP contribution in [0.4, 0.5) is 0 Å². The van der Waals surface area contributed by atoms with Gasteiger partial charge >= 0.3 is 0 Å². The predicted molar refractivity (Wildman–Crippen MR) is 67.1 cm³/mol. The molecule has 0 aliphatic carbocycles. The van der Waals surface area contributed by atoms with Crippen molar-refractivity contribution in [3.63, 3.8) is 0 Å². The summed E-state index contributed by atoms with van der Waals surface area (Å²) in [6.45, 7) is 4.54. The molecule has 0 bridgehead atoms. The summed E-state index contributed by atoms with van der Waals surface area (Å²) in [4.78, 5) is 11.7. The minimum absolute atomic E-state index is 0.0834. The fraction of sp³-hybridized carbons (Fsp3) is 0.700. The van der Waals surface area contributed by atoms with Crippen molar-refractivity contribution in [1.82, 2.24) is 9.62 Å². The van der Waals surface area contributed by atoms with E-state index in [1.807, 2.05) is 0 Å². The van der Waals surface area contributed by atoms with Gasteiger partial charge in [-0.15, -0.1) is 0 Å². The first-order chi connectivity index (χ1) is 7.80. The molecular weight excluding hydrogens is 264 g/mol. The van der Waals surface area contributed by atoms with E-state index >= 15 is 0 Å². The van der Waals surface area contributed by atoms with E-state index in [1.165, 1.54) is 10.6 Å². The van der Waals surface area contributed by atoms with Crippen molar-refractivity contribution in [2.75, 3.05) is 25.9 Å². The molecule has 1 aliphatic heterocycles. The fourth-order valence-corrected chi connectivity index (χ4v) is 2.72. The van der Waals surface area contributed by atoms with Gasteiger partial charge in [0.05, 0.1) is 12.8 Å². The Hall–Kier alpha value is -0.590. The molecule has 0 aromatic rings. The molecule has 0 saturated carbocycles. The van der Waals surface area contributed by atoms with Crippen LogP contribution in [0.3, 0.4) is 0 Å². The van der Waals surface area contributed by atoms with Gasteiger partial charge in [0.25, 0.3) is 0 Å². The molecule has 0 unspecified atom stereocenters. The second-order valence-electron chi connectivity index (χ2n) is 4.17. The van der Waals surface area contributed by atoms with Gasteiger partial charge in [-0.2, -0.15) is 0 Å². The number of hydrogen-bond acceptors (Lipinski definition) is 3. The Morgan fingerprint density at radius 3 is 2.41 bits per heavy atom. The van der Waals surface area contributed by atoms with Crippen molar-refractivity contribution >= 4 is 27.5 Å². The molecule has 98 valence electrons. The lowest BCUT2D eigenvalue weighted by atomic mass is 9.97. The van der Waals surface area contributed by atoms with Crippen molar-refractivity contribution in [2.45, 2.75) is 12.8 Å². The lowest BCUT2D eigenvalue weighted by molar-refractivity contribution is -0.125. The quantitative estimate of drug-likeness (QED) is 0.817. The Labute approximate surface area is 107 Å². The Morgan fingerprint density at radius 1 is 1.47 bits per heavy atom. The van der Waals surface area contributed by atoms with Crippen LogP contribution in [-0.2, 0) is 14.8 Å². The SMILES string of the molecule is C=C(Cl)CNC(=O)C1CCN(S(C)(=O)=O)CC1. The standard InChI is InChI=1S/C10H17ClN2O3S/c1-8(11)7-12-10(14)9-3-5-13(6-4-9)17(2,15)16/h9H,1,3-7H2,2H3,(H,12,14). The number of rotatable bonds is 4. The smallest absolute Gasteiger partial charge is 0.223 e. The largest absolute Gasteiger partial charge is 0.351 e. The second-order valence-corrected chi connectivity index (χ2v) is 6.69. The molecule has 0 aromatic carbocycles. The van der Waals surface area contributed by atoms with Crippen LogP contribution in [0, 0.1) is 5.92 Å². The van der Waals surface area contributed by atoms with E-state index in [4.69, 9.17) is 11.6 Å². The number of carbonyl (C=O) groups excluding carboxylic acids is 1. The molecule has 17 heavy (non-hydrogen) atoms. The number of piperidine rings is 1. The second kappa shape index (κ2) is 5.84. The maximum absolute atomic E-state index is 11.7. The van der Waals surface area contributed by atoms with Gasteiger partial charge in [0.15, 0.2) is 0 Å². The Bertz CT molecular complexity index is 400. The number of hydrogen-bond donors (Lipinski definition) is 1. The number of nitrogens with zero attached hydrogens (tertiary/aromatic N) is 1. The summed E-state index contributed by atoms with van der Waals surface area (Å²) in [5.41, 5.74) is 0. The number of carbonyl (C=O) groups is 1. The van der Waals surface area contributed by atoms with Crippen molar-refractivity contribution in [2.24, 2.45) is 5.92 Å². The summed E-state index contributed by atoms with van der Waals surface area (Å²) in [6, 6.07) is 0. The monoisotopic (exact) mass is 280 g/mol. The summed E-state index contributed by atoms with van der Waals surface area (Å²) < 4.78 is 23.9. The molecule has 0 radical (unpaired) electrons. The molecule has 0 aromatic heterocycles. The average molecular weight is 281 g/mol. The Balaban J connectivity index is 2.41. The Kier molecular flexibility index (Phi) is 4.97. The molecule has 0 atom stereocenters. The first-order valence-corrected chi connectivity index (χ1v) is 7.59. The molecule has 1 fully saturated rings. The zero-order valence-electron chi connectivity index (χ0n) is 9.78. The third-order valence-corrected chi connectivity index (χ3v) is 4.18. The van der Waals surface area contributed by atoms with Gasteiger partial charge in [0, 0.05) is 24.0 Å². The first-order valence-electron chi connectivity index (χ1n) is 5.37. The van der Waals surface area contributed by atoms with Gasteiger partial charge in [-0.05, 0) is 12.8 Å². The van der Waals surface area contributed by atoms with Crippen LogP contribution >= 0.6 is 11.6 Å². The zero-order valence-corrected chi connectivity index (χ0v) is 11.4. The Morgan fingerprint density at radius 2 is 2.00 bits per heavy atom. The van der Waals surface area contributed by atoms with E-state index in [1.54, 1.807) is 0 Å². The maximum Gasteiger partial charge on any atom is 0.223 e. The third kappa shape index (κ3) is 4.65. The summed E-state index contributed by atoms with van der Waals surface area (Å²) in [6.07, 6.45) is 2.28. The number of amides is 1. The van der Waals surface area contributed by atoms with Gasteiger partial charge in [-0.1, -0.05) is 18.2 Å². The molecule has 1 saturated heterocycles. The highest BCUT2D eigenvalue weighted by Crippen LogP contribution is 2.19. The van der Waals surface area contributed by atoms with E-state index in [9.17, 15) is 13.2 Å². The number of sulfonamides is 1. The highest BCUT2D eigenvalue weighted by molar-refractivity contribution is 7.88. The molecule has 1 aliphatic rings. The average Bonchev–Trinajstić information content (AvgIpc) is 2.25. The highest BCUT2D eigenvalue weighted by Gasteiger charge is 2.28. The van der Waals surface area contributed by atoms with Gasteiger partial charge < -0.3 is 5.32 Å². The first kappa shape index (κ1) is 14.5. The maximum atomic E-state index is 11.7. The fourth-order valence-electron chi connectivity index (χ4n) is 1.78. The summed E-state index contributed by atoms with van der Waals surface area (Å²) in [5.74, 6) is -0.219. The predicted octanol–water partition coefficient (Wildman–Crippen LogP) is 0.527. The van der Waals surface area contributed by atoms with Crippen LogP contribution in [0.2, 0.25) is 0 Å². The van der Waals surface area contributed by atoms with Crippen LogP contribution in [0.25, 0.3) is 0 Å². The van der Waals surface area contributed by atoms with E-state index in [-0.39, 0.29) is 18.4 Å². The van der Waals surface area contributed by atoms with E-state index in [0.717, 1.165) is 0 Å². The van der Waals surface area contributed by atoms with Crippen molar-refractivity contribution < 1.29 is 13.2 Å². The number of halogens is 1. The van der Waals surface area contributed by atoms with Gasteiger partial charge in [-0.25, -0.2) is 12.7 Å². The van der Waals surface area contributed by atoms with E-state index in [0.29, 0.717) is 31.0 Å². The van der Waals surface area contributed by atoms with Gasteiger partial charge in [0.2, 0.25) is 15.9 Å². The normalized spacial score (nSPS) is 18.9. The summed E-state index contributed by atoms with van der Waals surface area (Å²) in [7, 11) is -3.13. The van der Waals surface area contributed by atoms with Crippen LogP contribution in [0.5, 0.6) is 0 Å². The molecule has 5 nitrogen and oxygen atoms in total. The summed E-state index contributed by atoms with van der Waals surface area (Å²) >= 11 is 5.55. The molecule has 1 N–H and O–H groups in total. The number of nitrogens with one attached hydrogen (secondary N) is 1. The molecule has 1 rings (SSSR count). The van der Waals surface area contributed by atoms with E-state index in [2.05, 4.69) is 11.9 Å². The topological polar surface area (TPSA) is 66.5 Å².